The molecule has 32 heavy (non-hydrogen) atoms. The van der Waals surface area contributed by atoms with Gasteiger partial charge in [-0.2, -0.15) is 0 Å². The highest BCUT2D eigenvalue weighted by Crippen LogP contribution is 2.31. The fraction of sp³-hybridized carbons (Fsp3) is 0.250. The van der Waals surface area contributed by atoms with Crippen LogP contribution in [0.15, 0.2) is 75.4 Å². The maximum absolute atomic E-state index is 13.0. The quantitative estimate of drug-likeness (QED) is 0.418. The van der Waals surface area contributed by atoms with E-state index >= 15 is 0 Å². The van der Waals surface area contributed by atoms with Crippen LogP contribution in [-0.4, -0.2) is 39.0 Å². The van der Waals surface area contributed by atoms with Gasteiger partial charge in [0.2, 0.25) is 0 Å². The number of para-hydroxylation sites is 2. The largest absolute Gasteiger partial charge is 0.440 e. The summed E-state index contributed by atoms with van der Waals surface area (Å²) in [7, 11) is 0. The Labute approximate surface area is 190 Å². The number of aryl methyl sites for hydroxylation is 1. The Morgan fingerprint density at radius 3 is 2.81 bits per heavy atom. The molecular weight excluding hydrogens is 422 g/mol. The van der Waals surface area contributed by atoms with Gasteiger partial charge >= 0.3 is 6.03 Å². The number of amides is 2. The highest BCUT2D eigenvalue weighted by Gasteiger charge is 2.28. The van der Waals surface area contributed by atoms with Gasteiger partial charge in [-0.1, -0.05) is 12.1 Å². The lowest BCUT2D eigenvalue weighted by atomic mass is 9.98. The van der Waals surface area contributed by atoms with Crippen molar-refractivity contribution in [2.75, 3.05) is 18.4 Å². The minimum Gasteiger partial charge on any atom is -0.440 e. The predicted octanol–water partition coefficient (Wildman–Crippen LogP) is 5.49. The van der Waals surface area contributed by atoms with E-state index in [9.17, 15) is 4.79 Å². The number of fused-ring (bicyclic) bond motifs is 1. The predicted molar refractivity (Wildman–Crippen MR) is 124 cm³/mol. The molecular formula is C24H23N5O2S. The molecule has 1 aliphatic heterocycles. The fourth-order valence-corrected chi connectivity index (χ4v) is 4.72. The molecule has 2 aromatic carbocycles. The van der Waals surface area contributed by atoms with E-state index in [4.69, 9.17) is 4.42 Å². The van der Waals surface area contributed by atoms with Gasteiger partial charge in [0.25, 0.3) is 0 Å². The molecule has 2 aromatic heterocycles. The Bertz CT molecular complexity index is 1210. The van der Waals surface area contributed by atoms with Gasteiger partial charge in [0.15, 0.2) is 16.6 Å². The molecule has 8 heteroatoms. The SMILES string of the molecule is Cc1cc(Sc2ncccn2)ccc1NC(=O)N1CCCC(c2nc3ccccc3o2)C1. The maximum atomic E-state index is 13.0. The van der Waals surface area contributed by atoms with E-state index in [0.717, 1.165) is 46.6 Å². The first-order valence-corrected chi connectivity index (χ1v) is 11.4. The van der Waals surface area contributed by atoms with Crippen LogP contribution in [0, 0.1) is 6.92 Å². The van der Waals surface area contributed by atoms with Crippen molar-refractivity contribution >= 4 is 34.6 Å². The van der Waals surface area contributed by atoms with E-state index in [1.807, 2.05) is 54.3 Å². The molecule has 0 bridgehead atoms. The first-order valence-electron chi connectivity index (χ1n) is 10.6. The third-order valence-electron chi connectivity index (χ3n) is 5.56. The van der Waals surface area contributed by atoms with Gasteiger partial charge in [-0.05, 0) is 73.5 Å². The minimum atomic E-state index is -0.0966. The first-order chi connectivity index (χ1) is 15.7. The average Bonchev–Trinajstić information content (AvgIpc) is 3.26. The number of urea groups is 1. The van der Waals surface area contributed by atoms with Gasteiger partial charge < -0.3 is 14.6 Å². The van der Waals surface area contributed by atoms with Crippen molar-refractivity contribution in [1.82, 2.24) is 19.9 Å². The second-order valence-electron chi connectivity index (χ2n) is 7.85. The van der Waals surface area contributed by atoms with E-state index < -0.39 is 0 Å². The Hall–Kier alpha value is -3.39. The summed E-state index contributed by atoms with van der Waals surface area (Å²) in [4.78, 5) is 29.0. The van der Waals surface area contributed by atoms with E-state index in [-0.39, 0.29) is 11.9 Å². The first kappa shape index (κ1) is 20.5. The van der Waals surface area contributed by atoms with Gasteiger partial charge in [-0.15, -0.1) is 0 Å². The molecule has 0 saturated carbocycles. The number of hydrogen-bond donors (Lipinski definition) is 1. The molecule has 1 N–H and O–H groups in total. The smallest absolute Gasteiger partial charge is 0.321 e. The zero-order valence-corrected chi connectivity index (χ0v) is 18.5. The van der Waals surface area contributed by atoms with Crippen LogP contribution in [0.25, 0.3) is 11.1 Å². The Kier molecular flexibility index (Phi) is 5.77. The van der Waals surface area contributed by atoms with E-state index in [1.54, 1.807) is 18.5 Å². The number of hydrogen-bond acceptors (Lipinski definition) is 6. The number of benzene rings is 2. The van der Waals surface area contributed by atoms with Crippen molar-refractivity contribution in [1.29, 1.82) is 0 Å². The number of carbonyl (C=O) groups excluding carboxylic acids is 1. The molecule has 2 amide bonds. The molecule has 0 spiro atoms. The molecule has 7 nitrogen and oxygen atoms in total. The second-order valence-corrected chi connectivity index (χ2v) is 8.89. The summed E-state index contributed by atoms with van der Waals surface area (Å²) < 4.78 is 5.95. The molecule has 1 fully saturated rings. The van der Waals surface area contributed by atoms with Gasteiger partial charge in [0.05, 0.1) is 5.92 Å². The average molecular weight is 446 g/mol. The lowest BCUT2D eigenvalue weighted by Crippen LogP contribution is -2.41. The summed E-state index contributed by atoms with van der Waals surface area (Å²) in [5.41, 5.74) is 3.45. The van der Waals surface area contributed by atoms with Crippen LogP contribution in [0.4, 0.5) is 10.5 Å². The maximum Gasteiger partial charge on any atom is 0.321 e. The minimum absolute atomic E-state index is 0.0966. The molecule has 1 saturated heterocycles. The number of piperidine rings is 1. The van der Waals surface area contributed by atoms with Crippen molar-refractivity contribution in [3.8, 4) is 0 Å². The third-order valence-corrected chi connectivity index (χ3v) is 6.44. The molecule has 1 aliphatic rings. The van der Waals surface area contributed by atoms with Crippen LogP contribution in [0.3, 0.4) is 0 Å². The zero-order chi connectivity index (χ0) is 21.9. The Morgan fingerprint density at radius 2 is 2.00 bits per heavy atom. The van der Waals surface area contributed by atoms with Crippen molar-refractivity contribution in [3.63, 3.8) is 0 Å². The normalized spacial score (nSPS) is 16.3. The summed E-state index contributed by atoms with van der Waals surface area (Å²) in [5, 5.41) is 3.76. The molecule has 1 unspecified atom stereocenters. The summed E-state index contributed by atoms with van der Waals surface area (Å²) in [6.07, 6.45) is 5.33. The Morgan fingerprint density at radius 1 is 1.16 bits per heavy atom. The summed E-state index contributed by atoms with van der Waals surface area (Å²) in [6.45, 7) is 3.31. The highest BCUT2D eigenvalue weighted by atomic mass is 32.2. The third kappa shape index (κ3) is 4.45. The fourth-order valence-electron chi connectivity index (χ4n) is 3.91. The zero-order valence-electron chi connectivity index (χ0n) is 17.7. The van der Waals surface area contributed by atoms with Crippen molar-refractivity contribution in [2.45, 2.75) is 35.7 Å². The van der Waals surface area contributed by atoms with E-state index in [0.29, 0.717) is 17.6 Å². The molecule has 4 aromatic rings. The molecule has 162 valence electrons. The van der Waals surface area contributed by atoms with E-state index in [1.165, 1.54) is 11.8 Å². The van der Waals surface area contributed by atoms with Crippen LogP contribution in [-0.2, 0) is 0 Å². The van der Waals surface area contributed by atoms with Gasteiger partial charge in [-0.3, -0.25) is 0 Å². The van der Waals surface area contributed by atoms with Crippen molar-refractivity contribution in [2.24, 2.45) is 0 Å². The number of anilines is 1. The van der Waals surface area contributed by atoms with Crippen LogP contribution in [0.2, 0.25) is 0 Å². The summed E-state index contributed by atoms with van der Waals surface area (Å²) >= 11 is 1.49. The van der Waals surface area contributed by atoms with Gasteiger partial charge in [-0.25, -0.2) is 19.7 Å². The monoisotopic (exact) mass is 445 g/mol. The van der Waals surface area contributed by atoms with Crippen LogP contribution in [0.1, 0.15) is 30.2 Å². The number of carbonyl (C=O) groups is 1. The van der Waals surface area contributed by atoms with Gasteiger partial charge in [0.1, 0.15) is 5.52 Å². The van der Waals surface area contributed by atoms with Crippen molar-refractivity contribution < 1.29 is 9.21 Å². The number of nitrogens with zero attached hydrogens (tertiary/aromatic N) is 4. The standard InChI is InChI=1S/C24H23N5O2S/c1-16-14-18(32-23-25-11-5-12-26-23)9-10-19(16)28-24(30)29-13-4-6-17(15-29)22-27-20-7-2-3-8-21(20)31-22/h2-3,5,7-12,14,17H,4,6,13,15H2,1H3,(H,28,30). The van der Waals surface area contributed by atoms with Crippen LogP contribution < -0.4 is 5.32 Å². The topological polar surface area (TPSA) is 84.2 Å². The van der Waals surface area contributed by atoms with E-state index in [2.05, 4.69) is 20.3 Å². The van der Waals surface area contributed by atoms with Crippen LogP contribution >= 0.6 is 11.8 Å². The lowest BCUT2D eigenvalue weighted by molar-refractivity contribution is 0.187. The molecule has 1 atom stereocenters. The second kappa shape index (κ2) is 9.00. The highest BCUT2D eigenvalue weighted by molar-refractivity contribution is 7.99. The summed E-state index contributed by atoms with van der Waals surface area (Å²) in [6, 6.07) is 15.4. The van der Waals surface area contributed by atoms with Crippen molar-refractivity contribution in [3.05, 3.63) is 72.4 Å². The lowest BCUT2D eigenvalue weighted by Gasteiger charge is -2.31. The summed E-state index contributed by atoms with van der Waals surface area (Å²) in [5.74, 6) is 0.817. The molecule has 5 rings (SSSR count). The number of aromatic nitrogens is 3. The number of oxazole rings is 1. The van der Waals surface area contributed by atoms with Crippen LogP contribution in [0.5, 0.6) is 0 Å². The number of likely N-dealkylation sites (tertiary alicyclic amines) is 1. The Balaban J connectivity index is 1.25. The molecule has 3 heterocycles. The molecule has 0 radical (unpaired) electrons. The molecule has 0 aliphatic carbocycles. The number of rotatable bonds is 4. The number of nitrogens with one attached hydrogen (secondary N) is 1. The van der Waals surface area contributed by atoms with Gasteiger partial charge in [0, 0.05) is 36.1 Å².